The van der Waals surface area contributed by atoms with Crippen LogP contribution in [0.25, 0.3) is 0 Å². The van der Waals surface area contributed by atoms with Crippen molar-refractivity contribution in [1.29, 1.82) is 0 Å². The number of halogens is 1. The smallest absolute Gasteiger partial charge is 0.226 e. The molecule has 2 aromatic rings. The molecule has 0 fully saturated rings. The van der Waals surface area contributed by atoms with Crippen LogP contribution in [0.15, 0.2) is 30.5 Å². The van der Waals surface area contributed by atoms with Crippen molar-refractivity contribution >= 4 is 23.2 Å². The lowest BCUT2D eigenvalue weighted by Gasteiger charge is -2.05. The van der Waals surface area contributed by atoms with Crippen molar-refractivity contribution in [1.82, 2.24) is 15.0 Å². The molecule has 0 spiro atoms. The van der Waals surface area contributed by atoms with E-state index in [1.54, 1.807) is 28.9 Å². The minimum absolute atomic E-state index is 0.0868. The van der Waals surface area contributed by atoms with Gasteiger partial charge in [0.25, 0.3) is 0 Å². The van der Waals surface area contributed by atoms with Crippen LogP contribution in [-0.4, -0.2) is 27.4 Å². The number of aryl methyl sites for hydroxylation is 2. The molecule has 0 saturated heterocycles. The summed E-state index contributed by atoms with van der Waals surface area (Å²) in [5, 5.41) is 11.4. The third kappa shape index (κ3) is 5.17. The van der Waals surface area contributed by atoms with Crippen LogP contribution in [0, 0.1) is 0 Å². The highest BCUT2D eigenvalue weighted by atomic mass is 35.5. The van der Waals surface area contributed by atoms with Crippen LogP contribution in [0.2, 0.25) is 5.02 Å². The standard InChI is InChI=1S/C14H18ClN5O/c15-11-3-1-4-12(9-11)17-14(21)6-8-20-10-13(18-19-20)5-2-7-16/h1,3-4,9-10H,2,5-8,16H2,(H,17,21). The third-order valence-corrected chi connectivity index (χ3v) is 3.13. The van der Waals surface area contributed by atoms with E-state index < -0.39 is 0 Å². The lowest BCUT2D eigenvalue weighted by molar-refractivity contribution is -0.116. The molecule has 6 nitrogen and oxygen atoms in total. The number of anilines is 1. The number of amides is 1. The van der Waals surface area contributed by atoms with E-state index in [9.17, 15) is 4.79 Å². The normalized spacial score (nSPS) is 10.6. The molecule has 1 amide bonds. The van der Waals surface area contributed by atoms with Crippen LogP contribution in [0.3, 0.4) is 0 Å². The summed E-state index contributed by atoms with van der Waals surface area (Å²) in [6.07, 6.45) is 3.87. The zero-order valence-electron chi connectivity index (χ0n) is 11.6. The Balaban J connectivity index is 1.79. The summed E-state index contributed by atoms with van der Waals surface area (Å²) >= 11 is 5.86. The maximum Gasteiger partial charge on any atom is 0.226 e. The van der Waals surface area contributed by atoms with Crippen molar-refractivity contribution in [2.75, 3.05) is 11.9 Å². The first-order valence-electron chi connectivity index (χ1n) is 6.82. The molecule has 0 unspecified atom stereocenters. The molecule has 0 aliphatic rings. The SMILES string of the molecule is NCCCc1cn(CCC(=O)Nc2cccc(Cl)c2)nn1. The number of benzene rings is 1. The summed E-state index contributed by atoms with van der Waals surface area (Å²) in [5.41, 5.74) is 7.04. The van der Waals surface area contributed by atoms with Crippen molar-refractivity contribution in [3.63, 3.8) is 0 Å². The van der Waals surface area contributed by atoms with Gasteiger partial charge >= 0.3 is 0 Å². The van der Waals surface area contributed by atoms with E-state index in [4.69, 9.17) is 17.3 Å². The lowest BCUT2D eigenvalue weighted by Crippen LogP contribution is -2.14. The number of nitrogens with two attached hydrogens (primary N) is 1. The van der Waals surface area contributed by atoms with Gasteiger partial charge in [-0.15, -0.1) is 5.10 Å². The van der Waals surface area contributed by atoms with Gasteiger partial charge in [0.1, 0.15) is 0 Å². The zero-order valence-corrected chi connectivity index (χ0v) is 12.4. The summed E-state index contributed by atoms with van der Waals surface area (Å²) < 4.78 is 1.67. The van der Waals surface area contributed by atoms with E-state index in [0.717, 1.165) is 18.5 Å². The van der Waals surface area contributed by atoms with Gasteiger partial charge in [-0.2, -0.15) is 0 Å². The van der Waals surface area contributed by atoms with Crippen molar-refractivity contribution in [2.45, 2.75) is 25.8 Å². The van der Waals surface area contributed by atoms with Gasteiger partial charge in [-0.3, -0.25) is 9.48 Å². The molecule has 1 heterocycles. The molecule has 0 aliphatic carbocycles. The lowest BCUT2D eigenvalue weighted by atomic mass is 10.2. The van der Waals surface area contributed by atoms with Gasteiger partial charge in [0.2, 0.25) is 5.91 Å². The summed E-state index contributed by atoms with van der Waals surface area (Å²) in [7, 11) is 0. The van der Waals surface area contributed by atoms with Crippen molar-refractivity contribution in [3.8, 4) is 0 Å². The highest BCUT2D eigenvalue weighted by Gasteiger charge is 2.05. The molecule has 0 atom stereocenters. The van der Waals surface area contributed by atoms with Crippen LogP contribution in [0.1, 0.15) is 18.5 Å². The number of rotatable bonds is 7. The molecular formula is C14H18ClN5O. The number of aromatic nitrogens is 3. The molecule has 1 aromatic heterocycles. The summed E-state index contributed by atoms with van der Waals surface area (Å²) in [5.74, 6) is -0.0868. The second-order valence-corrected chi connectivity index (χ2v) is 5.11. The van der Waals surface area contributed by atoms with Gasteiger partial charge in [-0.1, -0.05) is 22.9 Å². The maximum absolute atomic E-state index is 11.8. The second-order valence-electron chi connectivity index (χ2n) is 4.67. The fourth-order valence-corrected chi connectivity index (χ4v) is 2.04. The van der Waals surface area contributed by atoms with Crippen LogP contribution in [0.4, 0.5) is 5.69 Å². The molecule has 21 heavy (non-hydrogen) atoms. The van der Waals surface area contributed by atoms with Gasteiger partial charge in [-0.05, 0) is 37.6 Å². The molecule has 1 aromatic carbocycles. The first-order valence-corrected chi connectivity index (χ1v) is 7.19. The second kappa shape index (κ2) is 7.75. The molecule has 112 valence electrons. The van der Waals surface area contributed by atoms with Gasteiger partial charge < -0.3 is 11.1 Å². The highest BCUT2D eigenvalue weighted by Crippen LogP contribution is 2.15. The van der Waals surface area contributed by atoms with E-state index in [2.05, 4.69) is 15.6 Å². The predicted octanol–water partition coefficient (Wildman–Crippen LogP) is 1.85. The summed E-state index contributed by atoms with van der Waals surface area (Å²) in [4.78, 5) is 11.8. The van der Waals surface area contributed by atoms with Gasteiger partial charge in [0.15, 0.2) is 0 Å². The fraction of sp³-hybridized carbons (Fsp3) is 0.357. The molecule has 0 bridgehead atoms. The van der Waals surface area contributed by atoms with E-state index >= 15 is 0 Å². The van der Waals surface area contributed by atoms with Crippen molar-refractivity contribution < 1.29 is 4.79 Å². The predicted molar refractivity (Wildman–Crippen MR) is 82.1 cm³/mol. The number of nitrogens with one attached hydrogen (secondary N) is 1. The zero-order chi connectivity index (χ0) is 15.1. The van der Waals surface area contributed by atoms with E-state index in [-0.39, 0.29) is 5.91 Å². The van der Waals surface area contributed by atoms with Crippen LogP contribution in [0.5, 0.6) is 0 Å². The topological polar surface area (TPSA) is 85.8 Å². The fourth-order valence-electron chi connectivity index (χ4n) is 1.85. The van der Waals surface area contributed by atoms with Crippen LogP contribution >= 0.6 is 11.6 Å². The van der Waals surface area contributed by atoms with E-state index in [1.807, 2.05) is 6.20 Å². The van der Waals surface area contributed by atoms with Crippen LogP contribution < -0.4 is 11.1 Å². The van der Waals surface area contributed by atoms with Crippen molar-refractivity contribution in [3.05, 3.63) is 41.2 Å². The Morgan fingerprint density at radius 2 is 2.29 bits per heavy atom. The van der Waals surface area contributed by atoms with Gasteiger partial charge in [0.05, 0.1) is 12.2 Å². The molecular weight excluding hydrogens is 290 g/mol. The minimum Gasteiger partial charge on any atom is -0.330 e. The highest BCUT2D eigenvalue weighted by molar-refractivity contribution is 6.30. The van der Waals surface area contributed by atoms with Gasteiger partial charge in [-0.25, -0.2) is 0 Å². The average molecular weight is 308 g/mol. The monoisotopic (exact) mass is 307 g/mol. The molecule has 3 N–H and O–H groups in total. The Bertz CT molecular complexity index is 599. The summed E-state index contributed by atoms with van der Waals surface area (Å²) in [6.45, 7) is 1.12. The quantitative estimate of drug-likeness (QED) is 0.817. The number of carbonyl (C=O) groups is 1. The minimum atomic E-state index is -0.0868. The Morgan fingerprint density at radius 1 is 1.43 bits per heavy atom. The Morgan fingerprint density at radius 3 is 3.05 bits per heavy atom. The molecule has 0 radical (unpaired) electrons. The third-order valence-electron chi connectivity index (χ3n) is 2.90. The number of nitrogens with zero attached hydrogens (tertiary/aromatic N) is 3. The van der Waals surface area contributed by atoms with Gasteiger partial charge in [0, 0.05) is 23.3 Å². The van der Waals surface area contributed by atoms with Crippen molar-refractivity contribution in [2.24, 2.45) is 5.73 Å². The van der Waals surface area contributed by atoms with E-state index in [1.165, 1.54) is 0 Å². The first kappa shape index (κ1) is 15.5. The molecule has 0 saturated carbocycles. The Hall–Kier alpha value is -1.92. The Kier molecular flexibility index (Phi) is 5.71. The molecule has 2 rings (SSSR count). The van der Waals surface area contributed by atoms with Crippen LogP contribution in [-0.2, 0) is 17.8 Å². The number of hydrogen-bond acceptors (Lipinski definition) is 4. The van der Waals surface area contributed by atoms with E-state index in [0.29, 0.717) is 30.2 Å². The maximum atomic E-state index is 11.8. The number of hydrogen-bond donors (Lipinski definition) is 2. The largest absolute Gasteiger partial charge is 0.330 e. The Labute approximate surface area is 128 Å². The average Bonchev–Trinajstić information content (AvgIpc) is 2.91. The molecule has 7 heteroatoms. The number of carbonyl (C=O) groups excluding carboxylic acids is 1. The summed E-state index contributed by atoms with van der Waals surface area (Å²) in [6, 6.07) is 7.05. The molecule has 0 aliphatic heterocycles. The first-order chi connectivity index (χ1) is 10.2.